The Morgan fingerprint density at radius 2 is 1.35 bits per heavy atom. The number of nitro groups is 2. The zero-order valence-corrected chi connectivity index (χ0v) is 19.1. The Labute approximate surface area is 201 Å². The zero-order chi connectivity index (χ0) is 24.4. The minimum atomic E-state index is -0.459. The van der Waals surface area contributed by atoms with Crippen LogP contribution < -0.4 is 4.90 Å². The number of Topliss-reactive ketones (excluding diaryl/α,β-unsaturated/α-hetero) is 1. The first-order valence-electron chi connectivity index (χ1n) is 10.9. The van der Waals surface area contributed by atoms with Crippen molar-refractivity contribution in [3.63, 3.8) is 0 Å². The lowest BCUT2D eigenvalue weighted by Gasteiger charge is -2.47. The molecule has 1 aliphatic heterocycles. The quantitative estimate of drug-likeness (QED) is 0.297. The maximum Gasteiger partial charge on any atom is 0.269 e. The fraction of sp³-hybridized carbons (Fsp3) is 0.240. The van der Waals surface area contributed by atoms with Crippen molar-refractivity contribution in [2.45, 2.75) is 31.8 Å². The summed E-state index contributed by atoms with van der Waals surface area (Å²) in [4.78, 5) is 36.8. The summed E-state index contributed by atoms with van der Waals surface area (Å²) in [6, 6.07) is 19.1. The summed E-state index contributed by atoms with van der Waals surface area (Å²) in [7, 11) is 0. The van der Waals surface area contributed by atoms with Gasteiger partial charge in [0.05, 0.1) is 21.9 Å². The van der Waals surface area contributed by atoms with Crippen molar-refractivity contribution in [3.05, 3.63) is 109 Å². The van der Waals surface area contributed by atoms with Crippen LogP contribution in [0.2, 0.25) is 5.02 Å². The fourth-order valence-electron chi connectivity index (χ4n) is 4.69. The van der Waals surface area contributed by atoms with Gasteiger partial charge in [0, 0.05) is 47.3 Å². The van der Waals surface area contributed by atoms with Crippen LogP contribution in [0.3, 0.4) is 0 Å². The van der Waals surface area contributed by atoms with Crippen molar-refractivity contribution >= 4 is 34.4 Å². The number of hydrogen-bond acceptors (Lipinski definition) is 6. The third kappa shape index (κ3) is 4.49. The minimum Gasteiger partial charge on any atom is -0.356 e. The normalized spacial score (nSPS) is 20.2. The lowest BCUT2D eigenvalue weighted by Crippen LogP contribution is -2.45. The number of halogens is 1. The van der Waals surface area contributed by atoms with E-state index in [4.69, 9.17) is 11.6 Å². The number of nitrogens with zero attached hydrogens (tertiary/aromatic N) is 3. The second kappa shape index (κ2) is 9.61. The summed E-state index contributed by atoms with van der Waals surface area (Å²) in [6.07, 6.45) is 0.833. The Hall–Kier alpha value is -3.78. The molecule has 1 aliphatic rings. The predicted octanol–water partition coefficient (Wildman–Crippen LogP) is 6.44. The first-order chi connectivity index (χ1) is 16.3. The van der Waals surface area contributed by atoms with Crippen molar-refractivity contribution in [3.8, 4) is 0 Å². The number of benzene rings is 3. The summed E-state index contributed by atoms with van der Waals surface area (Å²) in [5, 5.41) is 22.9. The smallest absolute Gasteiger partial charge is 0.269 e. The summed E-state index contributed by atoms with van der Waals surface area (Å²) in [5.41, 5.74) is 2.34. The molecule has 3 aromatic carbocycles. The van der Waals surface area contributed by atoms with E-state index in [1.54, 1.807) is 36.4 Å². The third-order valence-electron chi connectivity index (χ3n) is 6.32. The Kier molecular flexibility index (Phi) is 6.61. The second-order valence-electron chi connectivity index (χ2n) is 8.23. The highest BCUT2D eigenvalue weighted by atomic mass is 35.5. The number of non-ortho nitro benzene ring substituents is 2. The van der Waals surface area contributed by atoms with Crippen LogP contribution in [0.15, 0.2) is 72.8 Å². The number of rotatable bonds is 6. The van der Waals surface area contributed by atoms with E-state index in [1.807, 2.05) is 19.1 Å². The summed E-state index contributed by atoms with van der Waals surface area (Å²) in [6.45, 7) is 1.95. The second-order valence-corrected chi connectivity index (χ2v) is 8.66. The van der Waals surface area contributed by atoms with Crippen LogP contribution in [0.1, 0.15) is 43.0 Å². The molecule has 0 aliphatic carbocycles. The molecule has 1 heterocycles. The van der Waals surface area contributed by atoms with Gasteiger partial charge in [0.15, 0.2) is 0 Å². The number of nitro benzene ring substituents is 2. The van der Waals surface area contributed by atoms with Crippen molar-refractivity contribution in [2.75, 3.05) is 4.90 Å². The van der Waals surface area contributed by atoms with Gasteiger partial charge in [0.1, 0.15) is 5.78 Å². The molecule has 3 atom stereocenters. The molecule has 0 radical (unpaired) electrons. The molecule has 4 rings (SSSR count). The largest absolute Gasteiger partial charge is 0.356 e. The van der Waals surface area contributed by atoms with Gasteiger partial charge < -0.3 is 4.90 Å². The first kappa shape index (κ1) is 23.4. The van der Waals surface area contributed by atoms with Gasteiger partial charge in [-0.25, -0.2) is 0 Å². The van der Waals surface area contributed by atoms with Crippen LogP contribution >= 0.6 is 11.6 Å². The molecule has 3 aromatic rings. The molecule has 0 bridgehead atoms. The van der Waals surface area contributed by atoms with E-state index in [9.17, 15) is 25.0 Å². The van der Waals surface area contributed by atoms with E-state index in [1.165, 1.54) is 24.3 Å². The molecule has 0 spiro atoms. The lowest BCUT2D eigenvalue weighted by atomic mass is 9.77. The van der Waals surface area contributed by atoms with E-state index < -0.39 is 9.85 Å². The molecule has 34 heavy (non-hydrogen) atoms. The van der Waals surface area contributed by atoms with Crippen molar-refractivity contribution in [2.24, 2.45) is 5.92 Å². The Balaban J connectivity index is 1.86. The van der Waals surface area contributed by atoms with Crippen LogP contribution in [0.5, 0.6) is 0 Å². The Morgan fingerprint density at radius 3 is 1.82 bits per heavy atom. The highest BCUT2D eigenvalue weighted by molar-refractivity contribution is 6.30. The topological polar surface area (TPSA) is 107 Å². The van der Waals surface area contributed by atoms with Crippen LogP contribution in [-0.2, 0) is 4.79 Å². The molecule has 1 saturated heterocycles. The minimum absolute atomic E-state index is 0.0242. The standard InChI is InChI=1S/C25H22ClN3O5/c1-2-22-24(30)15-23(16-3-9-20(10-4-16)28(31)32)27(19-13-7-18(26)8-14-19)25(22)17-5-11-21(12-6-17)29(33)34/h3-14,22-23,25H,2,15H2,1H3/t22-,23+,25+/m0/s1. The predicted molar refractivity (Wildman–Crippen MR) is 129 cm³/mol. The van der Waals surface area contributed by atoms with Gasteiger partial charge in [0.25, 0.3) is 11.4 Å². The number of ketones is 1. The van der Waals surface area contributed by atoms with Gasteiger partial charge in [-0.3, -0.25) is 25.0 Å². The maximum atomic E-state index is 13.3. The van der Waals surface area contributed by atoms with Gasteiger partial charge in [-0.2, -0.15) is 0 Å². The van der Waals surface area contributed by atoms with Crippen molar-refractivity contribution in [1.29, 1.82) is 0 Å². The van der Waals surface area contributed by atoms with E-state index in [2.05, 4.69) is 4.90 Å². The Bertz CT molecular complexity index is 1210. The summed E-state index contributed by atoms with van der Waals surface area (Å²) in [5.74, 6) is -0.245. The summed E-state index contributed by atoms with van der Waals surface area (Å²) >= 11 is 6.13. The average molecular weight is 480 g/mol. The molecule has 174 valence electrons. The highest BCUT2D eigenvalue weighted by Gasteiger charge is 2.43. The van der Waals surface area contributed by atoms with Gasteiger partial charge in [-0.05, 0) is 41.8 Å². The number of carbonyl (C=O) groups excluding carboxylic acids is 1. The van der Waals surface area contributed by atoms with Crippen LogP contribution in [0.4, 0.5) is 17.1 Å². The third-order valence-corrected chi connectivity index (χ3v) is 6.58. The summed E-state index contributed by atoms with van der Waals surface area (Å²) < 4.78 is 0. The molecule has 0 N–H and O–H groups in total. The molecule has 8 nitrogen and oxygen atoms in total. The molecular formula is C25H22ClN3O5. The fourth-order valence-corrected chi connectivity index (χ4v) is 4.82. The molecular weight excluding hydrogens is 458 g/mol. The van der Waals surface area contributed by atoms with Crippen molar-refractivity contribution in [1.82, 2.24) is 0 Å². The molecule has 1 fully saturated rings. The molecule has 0 aromatic heterocycles. The SMILES string of the molecule is CC[C@H]1C(=O)C[C@H](c2ccc([N+](=O)[O-])cc2)N(c2ccc(Cl)cc2)[C@@H]1c1ccc([N+](=O)[O-])cc1. The number of hydrogen-bond donors (Lipinski definition) is 0. The van der Waals surface area contributed by atoms with E-state index in [0.717, 1.165) is 16.8 Å². The van der Waals surface area contributed by atoms with Crippen LogP contribution in [-0.4, -0.2) is 15.6 Å². The van der Waals surface area contributed by atoms with Gasteiger partial charge in [0.2, 0.25) is 0 Å². The molecule has 0 saturated carbocycles. The lowest BCUT2D eigenvalue weighted by molar-refractivity contribution is -0.385. The monoisotopic (exact) mass is 479 g/mol. The van der Waals surface area contributed by atoms with Crippen LogP contribution in [0.25, 0.3) is 0 Å². The van der Waals surface area contributed by atoms with Gasteiger partial charge in [-0.15, -0.1) is 0 Å². The molecule has 9 heteroatoms. The van der Waals surface area contributed by atoms with E-state index in [0.29, 0.717) is 11.4 Å². The first-order valence-corrected chi connectivity index (χ1v) is 11.2. The maximum absolute atomic E-state index is 13.3. The molecule has 0 unspecified atom stereocenters. The van der Waals surface area contributed by atoms with Crippen LogP contribution in [0, 0.1) is 26.1 Å². The number of carbonyl (C=O) groups is 1. The number of anilines is 1. The average Bonchev–Trinajstić information content (AvgIpc) is 2.84. The van der Waals surface area contributed by atoms with E-state index in [-0.39, 0.29) is 41.6 Å². The van der Waals surface area contributed by atoms with Crippen molar-refractivity contribution < 1.29 is 14.6 Å². The molecule has 0 amide bonds. The highest BCUT2D eigenvalue weighted by Crippen LogP contribution is 2.47. The number of piperidine rings is 1. The Morgan fingerprint density at radius 1 is 0.853 bits per heavy atom. The van der Waals surface area contributed by atoms with E-state index >= 15 is 0 Å². The van der Waals surface area contributed by atoms with Gasteiger partial charge >= 0.3 is 0 Å². The van der Waals surface area contributed by atoms with Gasteiger partial charge in [-0.1, -0.05) is 42.8 Å². The zero-order valence-electron chi connectivity index (χ0n) is 18.3.